The number of carbonyl (C=O) groups excluding carboxylic acids is 3. The van der Waals surface area contributed by atoms with Gasteiger partial charge in [-0.3, -0.25) is 9.59 Å². The van der Waals surface area contributed by atoms with Gasteiger partial charge in [0.2, 0.25) is 5.91 Å². The van der Waals surface area contributed by atoms with Gasteiger partial charge in [-0.2, -0.15) is 5.10 Å². The summed E-state index contributed by atoms with van der Waals surface area (Å²) >= 11 is 0. The van der Waals surface area contributed by atoms with E-state index in [1.807, 2.05) is 51.1 Å². The molecule has 2 rings (SSSR count). The minimum Gasteiger partial charge on any atom is -0.497 e. The molecule has 1 heterocycles. The third kappa shape index (κ3) is 8.58. The minimum absolute atomic E-state index is 0.170. The zero-order valence-corrected chi connectivity index (χ0v) is 22.2. The van der Waals surface area contributed by atoms with Crippen LogP contribution in [0.15, 0.2) is 30.3 Å². The van der Waals surface area contributed by atoms with Gasteiger partial charge >= 0.3 is 12.0 Å². The number of aromatic nitrogens is 2. The number of ether oxygens (including phenoxy) is 2. The summed E-state index contributed by atoms with van der Waals surface area (Å²) in [5.74, 6) is 0.314. The molecule has 1 aromatic carbocycles. The van der Waals surface area contributed by atoms with Gasteiger partial charge < -0.3 is 25.0 Å². The van der Waals surface area contributed by atoms with E-state index in [4.69, 9.17) is 14.6 Å². The molecule has 0 bridgehead atoms. The quantitative estimate of drug-likeness (QED) is 0.337. The minimum atomic E-state index is -0.526. The second-order valence-corrected chi connectivity index (χ2v) is 9.42. The van der Waals surface area contributed by atoms with Crippen molar-refractivity contribution in [2.24, 2.45) is 0 Å². The standard InChI is InChI=1S/C26H39N5O5/c1-7-9-10-15-30(25(34)27-17-24(33)36-8-2)18-23(32)28-22-16-21(26(3,4)5)29-31(22)19-11-13-20(35-6)14-12-19/h11-14,16H,7-10,15,17-18H2,1-6H3,(H,27,34)(H,28,32). The van der Waals surface area contributed by atoms with Crippen molar-refractivity contribution in [3.05, 3.63) is 36.0 Å². The van der Waals surface area contributed by atoms with Gasteiger partial charge in [0.15, 0.2) is 0 Å². The van der Waals surface area contributed by atoms with Crippen LogP contribution < -0.4 is 15.4 Å². The van der Waals surface area contributed by atoms with Gasteiger partial charge in [0.05, 0.1) is 25.1 Å². The summed E-state index contributed by atoms with van der Waals surface area (Å²) in [7, 11) is 1.60. The summed E-state index contributed by atoms with van der Waals surface area (Å²) in [6, 6.07) is 8.70. The van der Waals surface area contributed by atoms with Crippen LogP contribution in [-0.2, 0) is 19.7 Å². The first-order valence-electron chi connectivity index (χ1n) is 12.3. The largest absolute Gasteiger partial charge is 0.497 e. The predicted octanol–water partition coefficient (Wildman–Crippen LogP) is 3.88. The molecular weight excluding hydrogens is 462 g/mol. The van der Waals surface area contributed by atoms with E-state index in [0.717, 1.165) is 30.6 Å². The number of unbranched alkanes of at least 4 members (excludes halogenated alkanes) is 2. The highest BCUT2D eigenvalue weighted by Crippen LogP contribution is 2.27. The molecule has 0 unspecified atom stereocenters. The van der Waals surface area contributed by atoms with Gasteiger partial charge in [-0.1, -0.05) is 40.5 Å². The molecule has 0 radical (unpaired) electrons. The average Bonchev–Trinajstić information content (AvgIpc) is 3.26. The van der Waals surface area contributed by atoms with E-state index in [1.165, 1.54) is 4.90 Å². The van der Waals surface area contributed by atoms with Crippen molar-refractivity contribution in [3.8, 4) is 11.4 Å². The van der Waals surface area contributed by atoms with E-state index in [-0.39, 0.29) is 31.0 Å². The Bertz CT molecular complexity index is 1010. The maximum atomic E-state index is 13.1. The molecule has 0 atom stereocenters. The number of nitrogens with one attached hydrogen (secondary N) is 2. The first kappa shape index (κ1) is 28.7. The van der Waals surface area contributed by atoms with E-state index in [0.29, 0.717) is 18.1 Å². The molecule has 36 heavy (non-hydrogen) atoms. The molecule has 1 aromatic heterocycles. The lowest BCUT2D eigenvalue weighted by Crippen LogP contribution is -2.46. The number of esters is 1. The molecule has 0 saturated carbocycles. The summed E-state index contributed by atoms with van der Waals surface area (Å²) in [6.45, 7) is 10.1. The Labute approximate surface area is 213 Å². The van der Waals surface area contributed by atoms with E-state index in [2.05, 4.69) is 17.6 Å². The Balaban J connectivity index is 2.21. The second-order valence-electron chi connectivity index (χ2n) is 9.42. The maximum absolute atomic E-state index is 13.1. The average molecular weight is 502 g/mol. The molecule has 2 N–H and O–H groups in total. The smallest absolute Gasteiger partial charge is 0.325 e. The lowest BCUT2D eigenvalue weighted by molar-refractivity contribution is -0.141. The third-order valence-electron chi connectivity index (χ3n) is 5.40. The van der Waals surface area contributed by atoms with E-state index >= 15 is 0 Å². The van der Waals surface area contributed by atoms with Crippen LogP contribution in [0.4, 0.5) is 10.6 Å². The lowest BCUT2D eigenvalue weighted by Gasteiger charge is -2.22. The first-order valence-corrected chi connectivity index (χ1v) is 12.3. The molecule has 0 aliphatic heterocycles. The SMILES string of the molecule is CCCCCN(CC(=O)Nc1cc(C(C)(C)C)nn1-c1ccc(OC)cc1)C(=O)NCC(=O)OCC. The Morgan fingerprint density at radius 2 is 1.78 bits per heavy atom. The zero-order valence-electron chi connectivity index (χ0n) is 22.2. The van der Waals surface area contributed by atoms with Crippen LogP contribution in [0.2, 0.25) is 0 Å². The molecule has 0 saturated heterocycles. The fraction of sp³-hybridized carbons (Fsp3) is 0.538. The number of anilines is 1. The molecule has 10 nitrogen and oxygen atoms in total. The van der Waals surface area contributed by atoms with Gasteiger partial charge in [-0.25, -0.2) is 9.48 Å². The summed E-state index contributed by atoms with van der Waals surface area (Å²) < 4.78 is 11.8. The zero-order chi connectivity index (χ0) is 26.7. The van der Waals surface area contributed by atoms with E-state index in [9.17, 15) is 14.4 Å². The summed E-state index contributed by atoms with van der Waals surface area (Å²) in [5.41, 5.74) is 1.32. The van der Waals surface area contributed by atoms with Gasteiger partial charge in [0.1, 0.15) is 24.7 Å². The monoisotopic (exact) mass is 501 g/mol. The predicted molar refractivity (Wildman–Crippen MR) is 139 cm³/mol. The van der Waals surface area contributed by atoms with E-state index < -0.39 is 12.0 Å². The van der Waals surface area contributed by atoms with Crippen LogP contribution in [0.3, 0.4) is 0 Å². The highest BCUT2D eigenvalue weighted by atomic mass is 16.5. The van der Waals surface area contributed by atoms with Gasteiger partial charge in [-0.15, -0.1) is 0 Å². The van der Waals surface area contributed by atoms with Crippen molar-refractivity contribution in [1.29, 1.82) is 0 Å². The van der Waals surface area contributed by atoms with Crippen LogP contribution >= 0.6 is 0 Å². The van der Waals surface area contributed by atoms with Crippen LogP contribution in [0.5, 0.6) is 5.75 Å². The number of hydrogen-bond donors (Lipinski definition) is 2. The Morgan fingerprint density at radius 3 is 2.36 bits per heavy atom. The molecule has 10 heteroatoms. The molecule has 0 spiro atoms. The molecular formula is C26H39N5O5. The number of methoxy groups -OCH3 is 1. The van der Waals surface area contributed by atoms with Gasteiger partial charge in [-0.05, 0) is 37.6 Å². The third-order valence-corrected chi connectivity index (χ3v) is 5.40. The number of urea groups is 1. The Hall–Kier alpha value is -3.56. The van der Waals surface area contributed by atoms with Crippen molar-refractivity contribution in [2.45, 2.75) is 59.3 Å². The molecule has 198 valence electrons. The lowest BCUT2D eigenvalue weighted by atomic mass is 9.92. The Morgan fingerprint density at radius 1 is 1.08 bits per heavy atom. The molecule has 2 aromatic rings. The highest BCUT2D eigenvalue weighted by molar-refractivity contribution is 5.94. The fourth-order valence-corrected chi connectivity index (χ4v) is 3.39. The molecule has 3 amide bonds. The fourth-order valence-electron chi connectivity index (χ4n) is 3.39. The number of benzene rings is 1. The maximum Gasteiger partial charge on any atom is 0.325 e. The number of nitrogens with zero attached hydrogens (tertiary/aromatic N) is 3. The van der Waals surface area contributed by atoms with Crippen LogP contribution in [0, 0.1) is 0 Å². The molecule has 0 aliphatic rings. The molecule has 0 fully saturated rings. The van der Waals surface area contributed by atoms with Gasteiger partial charge in [0, 0.05) is 18.0 Å². The van der Waals surface area contributed by atoms with Crippen LogP contribution in [0.25, 0.3) is 5.69 Å². The summed E-state index contributed by atoms with van der Waals surface area (Å²) in [6.07, 6.45) is 2.64. The Kier molecular flexibility index (Phi) is 10.8. The normalized spacial score (nSPS) is 11.1. The van der Waals surface area contributed by atoms with Gasteiger partial charge in [0.25, 0.3) is 0 Å². The highest BCUT2D eigenvalue weighted by Gasteiger charge is 2.23. The topological polar surface area (TPSA) is 115 Å². The summed E-state index contributed by atoms with van der Waals surface area (Å²) in [4.78, 5) is 38.8. The molecule has 0 aliphatic carbocycles. The number of hydrogen-bond acceptors (Lipinski definition) is 6. The first-order chi connectivity index (χ1) is 17.1. The van der Waals surface area contributed by atoms with Crippen molar-refractivity contribution in [2.75, 3.05) is 38.7 Å². The van der Waals surface area contributed by atoms with Crippen molar-refractivity contribution in [3.63, 3.8) is 0 Å². The number of amides is 3. The van der Waals surface area contributed by atoms with Crippen molar-refractivity contribution < 1.29 is 23.9 Å². The van der Waals surface area contributed by atoms with Crippen molar-refractivity contribution in [1.82, 2.24) is 20.0 Å². The van der Waals surface area contributed by atoms with Crippen molar-refractivity contribution >= 4 is 23.7 Å². The second kappa shape index (κ2) is 13.5. The van der Waals surface area contributed by atoms with E-state index in [1.54, 1.807) is 18.7 Å². The van der Waals surface area contributed by atoms with Crippen LogP contribution in [-0.4, -0.2) is 65.9 Å². The van der Waals surface area contributed by atoms with Crippen LogP contribution in [0.1, 0.15) is 59.6 Å². The summed E-state index contributed by atoms with van der Waals surface area (Å²) in [5, 5.41) is 10.2. The number of carbonyl (C=O) groups is 3. The number of rotatable bonds is 12.